The molecule has 1 amide bonds. The standard InChI is InChI=1S/C22H28N2O5S/c1-3-29-21(26)22-11-4-5-13-23(19(22)7-6-12-22)20(25)17-8-9-18-16(15-17)10-14-24(18)30(2,27)28/h4-5,8-9,15,19H,3,6-7,10-14H2,1-2H3/t19-,22-/m1/s1. The van der Waals surface area contributed by atoms with Crippen molar-refractivity contribution in [2.24, 2.45) is 5.41 Å². The van der Waals surface area contributed by atoms with Crippen LogP contribution in [-0.2, 0) is 26.0 Å². The highest BCUT2D eigenvalue weighted by molar-refractivity contribution is 7.92. The zero-order valence-corrected chi connectivity index (χ0v) is 18.3. The quantitative estimate of drug-likeness (QED) is 0.539. The molecule has 0 bridgehead atoms. The average molecular weight is 433 g/mol. The Bertz CT molecular complexity index is 1000. The van der Waals surface area contributed by atoms with E-state index in [4.69, 9.17) is 4.74 Å². The molecule has 0 aromatic heterocycles. The second kappa shape index (κ2) is 7.72. The van der Waals surface area contributed by atoms with Crippen molar-refractivity contribution in [1.82, 2.24) is 4.90 Å². The van der Waals surface area contributed by atoms with Crippen LogP contribution in [0.25, 0.3) is 0 Å². The molecule has 162 valence electrons. The Morgan fingerprint density at radius 2 is 2.07 bits per heavy atom. The summed E-state index contributed by atoms with van der Waals surface area (Å²) in [5.74, 6) is -0.336. The van der Waals surface area contributed by atoms with Crippen LogP contribution in [0.5, 0.6) is 0 Å². The Balaban J connectivity index is 1.65. The van der Waals surface area contributed by atoms with Gasteiger partial charge in [-0.05, 0) is 56.4 Å². The van der Waals surface area contributed by atoms with Crippen LogP contribution < -0.4 is 4.31 Å². The zero-order chi connectivity index (χ0) is 21.5. The monoisotopic (exact) mass is 432 g/mol. The lowest BCUT2D eigenvalue weighted by Crippen LogP contribution is -2.50. The third-order valence-corrected chi connectivity index (χ3v) is 7.77. The summed E-state index contributed by atoms with van der Waals surface area (Å²) < 4.78 is 30.7. The molecule has 7 nitrogen and oxygen atoms in total. The van der Waals surface area contributed by atoms with Crippen LogP contribution in [0.15, 0.2) is 30.4 Å². The molecular formula is C22H28N2O5S. The number of hydrogen-bond acceptors (Lipinski definition) is 5. The van der Waals surface area contributed by atoms with E-state index in [-0.39, 0.29) is 17.9 Å². The van der Waals surface area contributed by atoms with Gasteiger partial charge < -0.3 is 9.64 Å². The fourth-order valence-electron chi connectivity index (χ4n) is 5.19. The maximum absolute atomic E-state index is 13.5. The number of anilines is 1. The van der Waals surface area contributed by atoms with Crippen molar-refractivity contribution in [3.63, 3.8) is 0 Å². The Kier molecular flexibility index (Phi) is 5.38. The predicted molar refractivity (Wildman–Crippen MR) is 114 cm³/mol. The molecule has 30 heavy (non-hydrogen) atoms. The van der Waals surface area contributed by atoms with Gasteiger partial charge in [0.1, 0.15) is 0 Å². The van der Waals surface area contributed by atoms with Crippen molar-refractivity contribution in [2.75, 3.05) is 30.3 Å². The first kappa shape index (κ1) is 20.9. The maximum atomic E-state index is 13.5. The van der Waals surface area contributed by atoms with E-state index in [1.807, 2.05) is 12.2 Å². The highest BCUT2D eigenvalue weighted by Gasteiger charge is 2.53. The third kappa shape index (κ3) is 3.41. The molecule has 1 saturated carbocycles. The van der Waals surface area contributed by atoms with Crippen molar-refractivity contribution in [3.8, 4) is 0 Å². The minimum absolute atomic E-state index is 0.122. The van der Waals surface area contributed by atoms with Gasteiger partial charge in [0.05, 0.1) is 24.0 Å². The summed E-state index contributed by atoms with van der Waals surface area (Å²) in [5.41, 5.74) is 1.36. The van der Waals surface area contributed by atoms with Crippen LogP contribution in [0.3, 0.4) is 0 Å². The van der Waals surface area contributed by atoms with Crippen LogP contribution in [-0.4, -0.2) is 57.2 Å². The van der Waals surface area contributed by atoms with Crippen LogP contribution >= 0.6 is 0 Å². The molecule has 2 heterocycles. The summed E-state index contributed by atoms with van der Waals surface area (Å²) in [7, 11) is -3.33. The number of rotatable bonds is 4. The van der Waals surface area contributed by atoms with Crippen LogP contribution in [0, 0.1) is 5.41 Å². The topological polar surface area (TPSA) is 84.0 Å². The predicted octanol–water partition coefficient (Wildman–Crippen LogP) is 2.51. The molecule has 0 unspecified atom stereocenters. The Morgan fingerprint density at radius 1 is 1.27 bits per heavy atom. The number of allylic oxidation sites excluding steroid dienone is 1. The minimum Gasteiger partial charge on any atom is -0.465 e. The third-order valence-electron chi connectivity index (χ3n) is 6.59. The molecule has 0 saturated heterocycles. The largest absolute Gasteiger partial charge is 0.465 e. The summed E-state index contributed by atoms with van der Waals surface area (Å²) in [6.07, 6.45) is 8.70. The number of ether oxygens (including phenoxy) is 1. The number of benzene rings is 1. The van der Waals surface area contributed by atoms with E-state index in [1.165, 1.54) is 10.6 Å². The fourth-order valence-corrected chi connectivity index (χ4v) is 6.15. The Morgan fingerprint density at radius 3 is 2.80 bits per heavy atom. The van der Waals surface area contributed by atoms with Gasteiger partial charge in [0.25, 0.3) is 5.91 Å². The molecule has 2 aliphatic heterocycles. The highest BCUT2D eigenvalue weighted by Crippen LogP contribution is 2.47. The number of esters is 1. The van der Waals surface area contributed by atoms with Crippen LogP contribution in [0.4, 0.5) is 5.69 Å². The first-order chi connectivity index (χ1) is 14.3. The first-order valence-electron chi connectivity index (χ1n) is 10.5. The van der Waals surface area contributed by atoms with Crippen molar-refractivity contribution in [1.29, 1.82) is 0 Å². The van der Waals surface area contributed by atoms with Gasteiger partial charge in [-0.3, -0.25) is 13.9 Å². The molecule has 8 heteroatoms. The van der Waals surface area contributed by atoms with Gasteiger partial charge in [-0.15, -0.1) is 0 Å². The van der Waals surface area contributed by atoms with Gasteiger partial charge in [-0.2, -0.15) is 0 Å². The van der Waals surface area contributed by atoms with E-state index < -0.39 is 15.4 Å². The summed E-state index contributed by atoms with van der Waals surface area (Å²) in [4.78, 5) is 28.2. The summed E-state index contributed by atoms with van der Waals surface area (Å²) in [6, 6.07) is 5.02. The lowest BCUT2D eigenvalue weighted by molar-refractivity contribution is -0.157. The second-order valence-electron chi connectivity index (χ2n) is 8.35. The van der Waals surface area contributed by atoms with Crippen LogP contribution in [0.2, 0.25) is 0 Å². The number of hydrogen-bond donors (Lipinski definition) is 0. The van der Waals surface area contributed by atoms with E-state index in [0.29, 0.717) is 43.8 Å². The Hall–Kier alpha value is -2.35. The highest BCUT2D eigenvalue weighted by atomic mass is 32.2. The number of amides is 1. The lowest BCUT2D eigenvalue weighted by atomic mass is 9.78. The molecule has 1 aromatic rings. The van der Waals surface area contributed by atoms with Crippen molar-refractivity contribution >= 4 is 27.6 Å². The lowest BCUT2D eigenvalue weighted by Gasteiger charge is -2.38. The molecule has 4 rings (SSSR count). The number of carbonyl (C=O) groups excluding carboxylic acids is 2. The number of carbonyl (C=O) groups is 2. The van der Waals surface area contributed by atoms with Crippen molar-refractivity contribution < 1.29 is 22.7 Å². The SMILES string of the molecule is CCOC(=O)[C@@]12CC=CCN(C(=O)c3ccc4c(c3)CCN4S(C)(=O)=O)[C@@H]1CCC2. The Labute approximate surface area is 177 Å². The van der Waals surface area contributed by atoms with Crippen molar-refractivity contribution in [2.45, 2.75) is 45.1 Å². The summed E-state index contributed by atoms with van der Waals surface area (Å²) >= 11 is 0. The molecule has 1 aromatic carbocycles. The molecule has 2 atom stereocenters. The molecule has 0 spiro atoms. The number of sulfonamides is 1. The summed E-state index contributed by atoms with van der Waals surface area (Å²) in [5, 5.41) is 0. The van der Waals surface area contributed by atoms with E-state index >= 15 is 0 Å². The molecule has 0 radical (unpaired) electrons. The van der Waals surface area contributed by atoms with Gasteiger partial charge in [0.2, 0.25) is 10.0 Å². The van der Waals surface area contributed by atoms with E-state index in [0.717, 1.165) is 24.8 Å². The first-order valence-corrected chi connectivity index (χ1v) is 12.4. The maximum Gasteiger partial charge on any atom is 0.314 e. The second-order valence-corrected chi connectivity index (χ2v) is 10.3. The van der Waals surface area contributed by atoms with Gasteiger partial charge in [0.15, 0.2) is 0 Å². The van der Waals surface area contributed by atoms with E-state index in [1.54, 1.807) is 30.0 Å². The average Bonchev–Trinajstić information content (AvgIpc) is 3.28. The van der Waals surface area contributed by atoms with Gasteiger partial charge in [0, 0.05) is 24.7 Å². The molecule has 1 fully saturated rings. The number of fused-ring (bicyclic) bond motifs is 2. The van der Waals surface area contributed by atoms with Gasteiger partial charge in [-0.25, -0.2) is 8.42 Å². The normalized spacial score (nSPS) is 25.6. The fraction of sp³-hybridized carbons (Fsp3) is 0.545. The summed E-state index contributed by atoms with van der Waals surface area (Å²) in [6.45, 7) is 2.98. The van der Waals surface area contributed by atoms with Crippen molar-refractivity contribution in [3.05, 3.63) is 41.5 Å². The van der Waals surface area contributed by atoms with Gasteiger partial charge >= 0.3 is 5.97 Å². The van der Waals surface area contributed by atoms with E-state index in [9.17, 15) is 18.0 Å². The minimum atomic E-state index is -3.33. The molecule has 3 aliphatic rings. The van der Waals surface area contributed by atoms with Gasteiger partial charge in [-0.1, -0.05) is 18.6 Å². The molecular weight excluding hydrogens is 404 g/mol. The molecule has 1 aliphatic carbocycles. The molecule has 0 N–H and O–H groups in total. The van der Waals surface area contributed by atoms with Crippen LogP contribution in [0.1, 0.15) is 48.5 Å². The number of nitrogens with zero attached hydrogens (tertiary/aromatic N) is 2. The smallest absolute Gasteiger partial charge is 0.314 e. The van der Waals surface area contributed by atoms with E-state index in [2.05, 4.69) is 0 Å². The zero-order valence-electron chi connectivity index (χ0n) is 17.5.